The molecule has 5 aromatic rings. The Bertz CT molecular complexity index is 1620. The summed E-state index contributed by atoms with van der Waals surface area (Å²) >= 11 is 6.58. The third kappa shape index (κ3) is 5.09. The number of H-pyrrole nitrogens is 1. The second kappa shape index (κ2) is 10.0. The summed E-state index contributed by atoms with van der Waals surface area (Å²) in [7, 11) is 1.31. The van der Waals surface area contributed by atoms with Crippen LogP contribution in [0, 0.1) is 0 Å². The summed E-state index contributed by atoms with van der Waals surface area (Å²) in [6.07, 6.45) is -1.34. The fourth-order valence-electron chi connectivity index (χ4n) is 3.65. The number of fused-ring (bicyclic) bond motifs is 1. The first kappa shape index (κ1) is 25.0. The van der Waals surface area contributed by atoms with Crippen LogP contribution in [0.2, 0.25) is 5.02 Å². The smallest absolute Gasteiger partial charge is 0.405 e. The number of carbonyl (C=O) groups excluding carboxylic acids is 1. The molecule has 0 radical (unpaired) electrons. The second-order valence-corrected chi connectivity index (χ2v) is 8.33. The lowest BCUT2D eigenvalue weighted by Crippen LogP contribution is -2.33. The van der Waals surface area contributed by atoms with Crippen LogP contribution in [0.4, 0.5) is 24.8 Å². The molecular formula is C24H18ClF3N8O2. The molecule has 0 saturated heterocycles. The largest absolute Gasteiger partial charge is 0.496 e. The fourth-order valence-corrected chi connectivity index (χ4v) is 3.91. The molecular weight excluding hydrogens is 525 g/mol. The van der Waals surface area contributed by atoms with Crippen molar-refractivity contribution in [3.05, 3.63) is 71.5 Å². The lowest BCUT2D eigenvalue weighted by molar-refractivity contribution is -0.123. The zero-order valence-corrected chi connectivity index (χ0v) is 20.3. The van der Waals surface area contributed by atoms with Gasteiger partial charge in [-0.2, -0.15) is 27.9 Å². The number of amides is 1. The number of ether oxygens (including phenoxy) is 1. The fraction of sp³-hybridized carbons (Fsp3) is 0.125. The maximum atomic E-state index is 12.5. The van der Waals surface area contributed by atoms with Gasteiger partial charge in [-0.15, -0.1) is 5.10 Å². The average Bonchev–Trinajstić information content (AvgIpc) is 3.56. The van der Waals surface area contributed by atoms with E-state index in [1.165, 1.54) is 30.0 Å². The topological polar surface area (TPSA) is 123 Å². The molecule has 0 aliphatic rings. The monoisotopic (exact) mass is 542 g/mol. The van der Waals surface area contributed by atoms with Crippen LogP contribution in [0.5, 0.6) is 5.75 Å². The van der Waals surface area contributed by atoms with E-state index in [-0.39, 0.29) is 23.1 Å². The molecule has 0 bridgehead atoms. The molecule has 0 atom stereocenters. The van der Waals surface area contributed by atoms with Gasteiger partial charge in [0.05, 0.1) is 35.1 Å². The van der Waals surface area contributed by atoms with Crippen molar-refractivity contribution in [2.45, 2.75) is 6.18 Å². The third-order valence-corrected chi connectivity index (χ3v) is 5.84. The zero-order valence-electron chi connectivity index (χ0n) is 19.5. The van der Waals surface area contributed by atoms with E-state index in [0.29, 0.717) is 27.5 Å². The summed E-state index contributed by atoms with van der Waals surface area (Å²) in [6, 6.07) is 13.2. The second-order valence-electron chi connectivity index (χ2n) is 7.96. The van der Waals surface area contributed by atoms with Crippen molar-refractivity contribution in [3.63, 3.8) is 0 Å². The van der Waals surface area contributed by atoms with Gasteiger partial charge < -0.3 is 15.4 Å². The summed E-state index contributed by atoms with van der Waals surface area (Å²) in [5, 5.41) is 17.6. The van der Waals surface area contributed by atoms with Crippen LogP contribution in [0.3, 0.4) is 0 Å². The predicted molar refractivity (Wildman–Crippen MR) is 134 cm³/mol. The Morgan fingerprint density at radius 1 is 1.18 bits per heavy atom. The minimum atomic E-state index is -4.54. The number of pyridine rings is 1. The van der Waals surface area contributed by atoms with E-state index in [1.807, 2.05) is 11.4 Å². The highest BCUT2D eigenvalue weighted by Crippen LogP contribution is 2.33. The number of hydrogen-bond acceptors (Lipinski definition) is 7. The van der Waals surface area contributed by atoms with Crippen molar-refractivity contribution in [1.82, 2.24) is 35.3 Å². The third-order valence-electron chi connectivity index (χ3n) is 5.43. The molecule has 194 valence electrons. The van der Waals surface area contributed by atoms with Crippen LogP contribution < -0.4 is 15.4 Å². The minimum Gasteiger partial charge on any atom is -0.496 e. The number of alkyl halides is 3. The molecule has 0 aliphatic heterocycles. The van der Waals surface area contributed by atoms with Gasteiger partial charge in [-0.25, -0.2) is 4.98 Å². The molecule has 5 rings (SSSR count). The first-order chi connectivity index (χ1) is 18.2. The Labute approximate surface area is 217 Å². The maximum Gasteiger partial charge on any atom is 0.405 e. The van der Waals surface area contributed by atoms with Crippen LogP contribution in [0.1, 0.15) is 10.4 Å². The number of hydrogen-bond donors (Lipinski definition) is 3. The number of anilines is 2. The Kier molecular flexibility index (Phi) is 6.59. The summed E-state index contributed by atoms with van der Waals surface area (Å²) in [5.41, 5.74) is 1.69. The number of halogens is 4. The minimum absolute atomic E-state index is 0.0549. The molecule has 3 heterocycles. The summed E-state index contributed by atoms with van der Waals surface area (Å²) in [4.78, 5) is 21.2. The maximum absolute atomic E-state index is 12.5. The number of aromatic amines is 1. The molecule has 3 N–H and O–H groups in total. The van der Waals surface area contributed by atoms with Crippen molar-refractivity contribution in [3.8, 4) is 23.0 Å². The van der Waals surface area contributed by atoms with E-state index in [0.717, 1.165) is 5.52 Å². The van der Waals surface area contributed by atoms with Gasteiger partial charge in [-0.1, -0.05) is 23.7 Å². The van der Waals surface area contributed by atoms with E-state index in [2.05, 4.69) is 30.6 Å². The number of nitrogens with zero attached hydrogens (tertiary/aromatic N) is 5. The van der Waals surface area contributed by atoms with Gasteiger partial charge in [-0.3, -0.25) is 9.89 Å². The predicted octanol–water partition coefficient (Wildman–Crippen LogP) is 4.90. The Morgan fingerprint density at radius 3 is 2.76 bits per heavy atom. The van der Waals surface area contributed by atoms with Crippen molar-refractivity contribution in [2.24, 2.45) is 0 Å². The number of rotatable bonds is 7. The van der Waals surface area contributed by atoms with Gasteiger partial charge in [-0.05, 0) is 36.4 Å². The van der Waals surface area contributed by atoms with E-state index in [9.17, 15) is 18.0 Å². The number of nitrogens with one attached hydrogen (secondary N) is 3. The Balaban J connectivity index is 1.52. The SMILES string of the molecule is COc1cc(-c2nc(Nc3ccc4[nH]ncc4c3Cl)n(-c3ccccn3)n2)ccc1C(=O)NCC(F)(F)F. The molecule has 0 aliphatic carbocycles. The van der Waals surface area contributed by atoms with Crippen LogP contribution in [0.25, 0.3) is 28.1 Å². The number of aromatic nitrogens is 6. The molecule has 38 heavy (non-hydrogen) atoms. The van der Waals surface area contributed by atoms with E-state index in [4.69, 9.17) is 16.3 Å². The normalized spacial score (nSPS) is 11.5. The molecule has 0 unspecified atom stereocenters. The molecule has 2 aromatic carbocycles. The molecule has 0 spiro atoms. The van der Waals surface area contributed by atoms with Crippen molar-refractivity contribution >= 4 is 40.0 Å². The molecule has 1 amide bonds. The molecule has 3 aromatic heterocycles. The highest BCUT2D eigenvalue weighted by Gasteiger charge is 2.28. The summed E-state index contributed by atoms with van der Waals surface area (Å²) < 4.78 is 44.3. The first-order valence-electron chi connectivity index (χ1n) is 11.0. The average molecular weight is 543 g/mol. The lowest BCUT2D eigenvalue weighted by atomic mass is 10.1. The van der Waals surface area contributed by atoms with Gasteiger partial charge in [0, 0.05) is 17.1 Å². The quantitative estimate of drug-likeness (QED) is 0.267. The van der Waals surface area contributed by atoms with Crippen molar-refractivity contribution in [1.29, 1.82) is 0 Å². The highest BCUT2D eigenvalue weighted by atomic mass is 35.5. The zero-order chi connectivity index (χ0) is 26.9. The highest BCUT2D eigenvalue weighted by molar-refractivity contribution is 6.38. The van der Waals surface area contributed by atoms with Gasteiger partial charge in [0.15, 0.2) is 11.6 Å². The van der Waals surface area contributed by atoms with E-state index >= 15 is 0 Å². The first-order valence-corrected chi connectivity index (χ1v) is 11.4. The Hall–Kier alpha value is -4.65. The molecule has 10 nitrogen and oxygen atoms in total. The molecule has 0 saturated carbocycles. The van der Waals surface area contributed by atoms with Crippen molar-refractivity contribution < 1.29 is 22.7 Å². The van der Waals surface area contributed by atoms with Gasteiger partial charge >= 0.3 is 6.18 Å². The number of carbonyl (C=O) groups is 1. The standard InChI is InChI=1S/C24H18ClF3N8O2/c1-38-18-10-13(5-6-14(18)22(37)30-12-24(26,27)28)21-33-23(36(35-21)19-4-2-3-9-29-19)32-17-8-7-16-15(20(17)25)11-31-34-16/h2-11H,12H2,1H3,(H,30,37)(H,31,34)(H,32,33,35). The van der Waals surface area contributed by atoms with Gasteiger partial charge in [0.1, 0.15) is 12.3 Å². The molecule has 14 heteroatoms. The Morgan fingerprint density at radius 2 is 2.03 bits per heavy atom. The number of benzene rings is 2. The van der Waals surface area contributed by atoms with Gasteiger partial charge in [0.25, 0.3) is 5.91 Å². The van der Waals surface area contributed by atoms with Crippen LogP contribution >= 0.6 is 11.6 Å². The lowest BCUT2D eigenvalue weighted by Gasteiger charge is -2.11. The van der Waals surface area contributed by atoms with Crippen LogP contribution in [-0.4, -0.2) is 55.7 Å². The summed E-state index contributed by atoms with van der Waals surface area (Å²) in [5.74, 6) is 0.113. The van der Waals surface area contributed by atoms with Crippen molar-refractivity contribution in [2.75, 3.05) is 19.0 Å². The van der Waals surface area contributed by atoms with E-state index < -0.39 is 18.6 Å². The molecule has 0 fully saturated rings. The number of methoxy groups -OCH3 is 1. The van der Waals surface area contributed by atoms with E-state index in [1.54, 1.807) is 36.7 Å². The van der Waals surface area contributed by atoms with Crippen LogP contribution in [0.15, 0.2) is 60.9 Å². The van der Waals surface area contributed by atoms with Crippen LogP contribution in [-0.2, 0) is 0 Å². The summed E-state index contributed by atoms with van der Waals surface area (Å²) in [6.45, 7) is -1.46. The van der Waals surface area contributed by atoms with Gasteiger partial charge in [0.2, 0.25) is 5.95 Å².